The predicted molar refractivity (Wildman–Crippen MR) is 295 cm³/mol. The van der Waals surface area contributed by atoms with Crippen LogP contribution >= 0.6 is 0 Å². The van der Waals surface area contributed by atoms with Gasteiger partial charge in [-0.1, -0.05) is 109 Å². The highest BCUT2D eigenvalue weighted by Gasteiger charge is 2.47. The van der Waals surface area contributed by atoms with Crippen LogP contribution in [-0.4, -0.2) is 19.1 Å². The predicted octanol–water partition coefficient (Wildman–Crippen LogP) is 15.9. The number of ether oxygens (including phenoxy) is 2. The van der Waals surface area contributed by atoms with E-state index in [-0.39, 0.29) is 11.8 Å². The molecule has 10 aromatic rings. The molecule has 4 heterocycles. The Hall–Kier alpha value is -9.92. The molecule has 0 saturated carbocycles. The summed E-state index contributed by atoms with van der Waals surface area (Å²) in [4.78, 5) is 15.9. The summed E-state index contributed by atoms with van der Waals surface area (Å²) in [5.74, 6) is 4.80. The van der Waals surface area contributed by atoms with Crippen LogP contribution in [0.25, 0.3) is 44.6 Å². The first-order valence-electron chi connectivity index (χ1n) is 25.1. The van der Waals surface area contributed by atoms with Crippen molar-refractivity contribution in [1.29, 1.82) is 0 Å². The third-order valence-corrected chi connectivity index (χ3v) is 15.2. The lowest BCUT2D eigenvalue weighted by Gasteiger charge is -2.46. The van der Waals surface area contributed by atoms with Crippen molar-refractivity contribution >= 4 is 56.0 Å². The van der Waals surface area contributed by atoms with Crippen LogP contribution in [0.2, 0.25) is 0 Å². The Bertz CT molecular complexity index is 4190. The van der Waals surface area contributed by atoms with Crippen molar-refractivity contribution in [1.82, 2.24) is 19.1 Å². The van der Waals surface area contributed by atoms with Gasteiger partial charge in [-0.2, -0.15) is 0 Å². The Morgan fingerprint density at radius 3 is 1.32 bits per heavy atom. The summed E-state index contributed by atoms with van der Waals surface area (Å²) in [7, 11) is 0. The van der Waals surface area contributed by atoms with E-state index in [1.807, 2.05) is 24.3 Å². The Morgan fingerprint density at radius 2 is 0.784 bits per heavy atom. The minimum atomic E-state index is -0.0871. The lowest BCUT2D eigenvalue weighted by Crippen LogP contribution is -2.35. The molecule has 2 aromatic heterocycles. The highest BCUT2D eigenvalue weighted by Crippen LogP contribution is 2.60. The van der Waals surface area contributed by atoms with Crippen LogP contribution in [0, 0.1) is 11.8 Å². The largest absolute Gasteiger partial charge is 0.453 e. The number of fused-ring (bicyclic) bond motifs is 6. The number of allylic oxidation sites excluding steroid dienone is 12. The number of anilines is 4. The number of benzene rings is 8. The fraction of sp³-hybridized carbons (Fsp3) is 0.0303. The highest BCUT2D eigenvalue weighted by molar-refractivity contribution is 5.96. The molecule has 0 N–H and O–H groups in total. The van der Waals surface area contributed by atoms with Crippen LogP contribution in [0.15, 0.2) is 276 Å². The maximum Gasteiger partial charge on any atom is 0.151 e. The van der Waals surface area contributed by atoms with Crippen molar-refractivity contribution in [2.75, 3.05) is 9.80 Å². The molecule has 8 nitrogen and oxygen atoms in total. The van der Waals surface area contributed by atoms with Crippen LogP contribution in [0.5, 0.6) is 23.0 Å². The molecule has 0 saturated heterocycles. The van der Waals surface area contributed by atoms with E-state index in [1.54, 1.807) is 0 Å². The van der Waals surface area contributed by atoms with E-state index < -0.39 is 0 Å². The quantitative estimate of drug-likeness (QED) is 0.165. The first kappa shape index (κ1) is 40.8. The molecule has 2 atom stereocenters. The summed E-state index contributed by atoms with van der Waals surface area (Å²) in [5.41, 5.74) is 18.9. The summed E-state index contributed by atoms with van der Waals surface area (Å²) < 4.78 is 17.9. The third-order valence-electron chi connectivity index (χ3n) is 15.2. The van der Waals surface area contributed by atoms with E-state index in [2.05, 4.69) is 237 Å². The molecule has 2 aliphatic heterocycles. The number of aromatic nitrogens is 4. The molecule has 0 spiro atoms. The number of hydrogen-bond donors (Lipinski definition) is 0. The van der Waals surface area contributed by atoms with Gasteiger partial charge in [0, 0.05) is 45.8 Å². The molecule has 0 bridgehead atoms. The average molecular weight is 951 g/mol. The highest BCUT2D eigenvalue weighted by atomic mass is 16.5. The van der Waals surface area contributed by atoms with E-state index in [9.17, 15) is 0 Å². The van der Waals surface area contributed by atoms with Crippen molar-refractivity contribution in [3.05, 3.63) is 288 Å². The van der Waals surface area contributed by atoms with Crippen molar-refractivity contribution in [2.24, 2.45) is 11.8 Å². The van der Waals surface area contributed by atoms with Gasteiger partial charge in [-0.15, -0.1) is 0 Å². The Kier molecular flexibility index (Phi) is 8.70. The maximum atomic E-state index is 6.62. The van der Waals surface area contributed by atoms with Crippen molar-refractivity contribution < 1.29 is 9.47 Å². The Balaban J connectivity index is 1.03. The minimum absolute atomic E-state index is 0.0871. The first-order chi connectivity index (χ1) is 36.7. The lowest BCUT2D eigenvalue weighted by atomic mass is 9.60. The summed E-state index contributed by atoms with van der Waals surface area (Å²) >= 11 is 0. The maximum absolute atomic E-state index is 6.62. The molecule has 16 rings (SSSR count). The Labute approximate surface area is 426 Å². The molecule has 8 heteroatoms. The van der Waals surface area contributed by atoms with Gasteiger partial charge in [0.25, 0.3) is 0 Å². The molecule has 2 unspecified atom stereocenters. The van der Waals surface area contributed by atoms with Crippen LogP contribution in [0.1, 0.15) is 11.6 Å². The van der Waals surface area contributed by atoms with Gasteiger partial charge < -0.3 is 19.3 Å². The second-order valence-electron chi connectivity index (χ2n) is 19.3. The fourth-order valence-electron chi connectivity index (χ4n) is 12.2. The zero-order valence-corrected chi connectivity index (χ0v) is 39.7. The molecule has 6 aliphatic rings. The van der Waals surface area contributed by atoms with Crippen LogP contribution in [0.4, 0.5) is 22.7 Å². The number of imidazole rings is 2. The molecule has 4 aliphatic carbocycles. The first-order valence-corrected chi connectivity index (χ1v) is 25.1. The number of nitrogens with zero attached hydrogens (tertiary/aromatic N) is 6. The van der Waals surface area contributed by atoms with Crippen LogP contribution in [0.3, 0.4) is 0 Å². The van der Waals surface area contributed by atoms with Gasteiger partial charge in [0.05, 0.1) is 44.8 Å². The van der Waals surface area contributed by atoms with Crippen molar-refractivity contribution in [2.45, 2.75) is 0 Å². The van der Waals surface area contributed by atoms with Gasteiger partial charge in [-0.3, -0.25) is 9.13 Å². The third kappa shape index (κ3) is 6.02. The van der Waals surface area contributed by atoms with Crippen LogP contribution in [-0.2, 0) is 0 Å². The molecule has 0 radical (unpaired) electrons. The Morgan fingerprint density at radius 1 is 0.351 bits per heavy atom. The number of hydrogen-bond acceptors (Lipinski definition) is 6. The van der Waals surface area contributed by atoms with E-state index in [0.717, 1.165) is 113 Å². The summed E-state index contributed by atoms with van der Waals surface area (Å²) in [6.45, 7) is 0. The smallest absolute Gasteiger partial charge is 0.151 e. The van der Waals surface area contributed by atoms with Crippen molar-refractivity contribution in [3.8, 4) is 34.4 Å². The van der Waals surface area contributed by atoms with Crippen LogP contribution < -0.4 is 19.3 Å². The lowest BCUT2D eigenvalue weighted by molar-refractivity contribution is 0.475. The second-order valence-corrected chi connectivity index (χ2v) is 19.3. The minimum Gasteiger partial charge on any atom is -0.453 e. The van der Waals surface area contributed by atoms with Gasteiger partial charge >= 0.3 is 0 Å². The standard InChI is InChI=1S/C66H42N6O2/c1-3-19-43(20-4-1)71-53-25-9-7-23-51(53)67-65(71)49-37-41-35-46(70-57-29-13-17-33-61(57)74-62-34-18-14-30-58(62)70)40-48-50(66-68-52-24-8-10-26-54(52)72(66)44-21-5-2-6-22-44)38-42-36-45(39-47(49)63(42)64(41)48)69-55-27-11-15-31-59(55)73-60-32-16-12-28-56(60)69/h1-40,63-64H. The second kappa shape index (κ2) is 15.8. The number of para-hydroxylation sites is 14. The van der Waals surface area contributed by atoms with E-state index in [4.69, 9.17) is 19.4 Å². The van der Waals surface area contributed by atoms with E-state index in [1.165, 1.54) is 22.3 Å². The molecular weight excluding hydrogens is 909 g/mol. The van der Waals surface area contributed by atoms with E-state index >= 15 is 0 Å². The zero-order chi connectivity index (χ0) is 48.4. The monoisotopic (exact) mass is 950 g/mol. The summed E-state index contributed by atoms with van der Waals surface area (Å²) in [5, 5.41) is 0. The summed E-state index contributed by atoms with van der Waals surface area (Å²) in [6.07, 6.45) is 14.5. The zero-order valence-electron chi connectivity index (χ0n) is 39.7. The molecule has 74 heavy (non-hydrogen) atoms. The van der Waals surface area contributed by atoms with Gasteiger partial charge in [-0.05, 0) is 156 Å². The molecule has 0 fully saturated rings. The molecule has 0 amide bonds. The van der Waals surface area contributed by atoms with Gasteiger partial charge in [0.1, 0.15) is 11.6 Å². The molecule has 348 valence electrons. The molecule has 8 aromatic carbocycles. The van der Waals surface area contributed by atoms with E-state index in [0.29, 0.717) is 0 Å². The SMILES string of the molecule is C1=C(c2nc3ccccc3n2-c2ccccc2)C2=CC(N3c4ccccc4Oc4ccccc43)=CC3=CC(c4nc5ccccc5n4-c4ccccc4)=C4C=C(N5c6ccccc6Oc6ccccc65)C=C1C4C32. The molecular formula is C66H42N6O2. The number of rotatable bonds is 6. The fourth-order valence-corrected chi connectivity index (χ4v) is 12.2. The van der Waals surface area contributed by atoms with Gasteiger partial charge in [0.2, 0.25) is 0 Å². The van der Waals surface area contributed by atoms with Crippen molar-refractivity contribution in [3.63, 3.8) is 0 Å². The average Bonchev–Trinajstić information content (AvgIpc) is 4.05. The topological polar surface area (TPSA) is 60.6 Å². The van der Waals surface area contributed by atoms with Gasteiger partial charge in [-0.25, -0.2) is 9.97 Å². The summed E-state index contributed by atoms with van der Waals surface area (Å²) in [6, 6.07) is 71.6. The normalized spacial score (nSPS) is 17.8. The van der Waals surface area contributed by atoms with Gasteiger partial charge in [0.15, 0.2) is 23.0 Å².